The van der Waals surface area contributed by atoms with Crippen LogP contribution in [0.15, 0.2) is 47.1 Å². The van der Waals surface area contributed by atoms with Crippen molar-refractivity contribution in [3.05, 3.63) is 64.5 Å². The number of nitrogens with two attached hydrogens (primary N) is 1. The first-order valence-corrected chi connectivity index (χ1v) is 8.93. The van der Waals surface area contributed by atoms with E-state index in [0.29, 0.717) is 16.5 Å². The molecule has 0 radical (unpaired) electrons. The van der Waals surface area contributed by atoms with Gasteiger partial charge in [0, 0.05) is 22.7 Å². The van der Waals surface area contributed by atoms with Crippen molar-refractivity contribution in [1.29, 1.82) is 0 Å². The zero-order valence-corrected chi connectivity index (χ0v) is 16.0. The van der Waals surface area contributed by atoms with Gasteiger partial charge in [-0.2, -0.15) is 13.2 Å². The van der Waals surface area contributed by atoms with Crippen molar-refractivity contribution in [1.82, 2.24) is 15.1 Å². The highest BCUT2D eigenvalue weighted by molar-refractivity contribution is 6.31. The fourth-order valence-corrected chi connectivity index (χ4v) is 3.28. The molecule has 0 spiro atoms. The number of aromatic nitrogens is 3. The molecule has 0 atom stereocenters. The molecule has 10 heteroatoms. The Morgan fingerprint density at radius 1 is 1.13 bits per heavy atom. The summed E-state index contributed by atoms with van der Waals surface area (Å²) in [5.74, 6) is -0.317. The summed E-state index contributed by atoms with van der Waals surface area (Å²) in [4.78, 5) is 20.2. The van der Waals surface area contributed by atoms with Crippen LogP contribution in [0.2, 0.25) is 5.02 Å². The predicted molar refractivity (Wildman–Crippen MR) is 104 cm³/mol. The number of primary amides is 1. The van der Waals surface area contributed by atoms with Crippen LogP contribution in [0.5, 0.6) is 0 Å². The van der Waals surface area contributed by atoms with E-state index >= 15 is 0 Å². The molecule has 4 aromatic rings. The van der Waals surface area contributed by atoms with E-state index < -0.39 is 22.7 Å². The summed E-state index contributed by atoms with van der Waals surface area (Å²) in [5, 5.41) is 4.12. The Morgan fingerprint density at radius 3 is 2.57 bits per heavy atom. The van der Waals surface area contributed by atoms with Crippen molar-refractivity contribution in [3.63, 3.8) is 0 Å². The van der Waals surface area contributed by atoms with Crippen LogP contribution in [-0.2, 0) is 6.18 Å². The summed E-state index contributed by atoms with van der Waals surface area (Å²) in [6.07, 6.45) is -3.11. The Bertz CT molecular complexity index is 1300. The molecule has 2 aromatic heterocycles. The second kappa shape index (κ2) is 7.10. The lowest BCUT2D eigenvalue weighted by molar-refractivity contribution is -0.137. The smallest absolute Gasteiger partial charge is 0.365 e. The third-order valence-electron chi connectivity index (χ3n) is 4.50. The SMILES string of the molecule is Cc1onc(-c2ccc3cnc(-c4ccc(Cl)c(C(F)(F)F)c4)nc3c2)c1C(N)=O. The minimum atomic E-state index is -4.60. The van der Waals surface area contributed by atoms with Gasteiger partial charge in [-0.25, -0.2) is 9.97 Å². The number of alkyl halides is 3. The van der Waals surface area contributed by atoms with E-state index in [1.807, 2.05) is 0 Å². The van der Waals surface area contributed by atoms with E-state index in [-0.39, 0.29) is 28.4 Å². The summed E-state index contributed by atoms with van der Waals surface area (Å²) in [5.41, 5.74) is 5.96. The lowest BCUT2D eigenvalue weighted by Gasteiger charge is -2.11. The second-order valence-corrected chi connectivity index (χ2v) is 6.89. The van der Waals surface area contributed by atoms with Crippen LogP contribution < -0.4 is 5.73 Å². The van der Waals surface area contributed by atoms with Crippen molar-refractivity contribution >= 4 is 28.4 Å². The number of benzene rings is 2. The minimum absolute atomic E-state index is 0.0910. The van der Waals surface area contributed by atoms with Gasteiger partial charge in [0.25, 0.3) is 5.91 Å². The summed E-state index contributed by atoms with van der Waals surface area (Å²) in [6, 6.07) is 8.49. The molecule has 152 valence electrons. The van der Waals surface area contributed by atoms with Gasteiger partial charge in [-0.3, -0.25) is 4.79 Å². The van der Waals surface area contributed by atoms with Gasteiger partial charge >= 0.3 is 6.18 Å². The average molecular weight is 433 g/mol. The molecule has 30 heavy (non-hydrogen) atoms. The molecule has 0 fully saturated rings. The fourth-order valence-electron chi connectivity index (χ4n) is 3.05. The van der Waals surface area contributed by atoms with Gasteiger partial charge in [-0.05, 0) is 31.2 Å². The zero-order valence-electron chi connectivity index (χ0n) is 15.3. The monoisotopic (exact) mass is 432 g/mol. The maximum Gasteiger partial charge on any atom is 0.417 e. The van der Waals surface area contributed by atoms with Gasteiger partial charge in [0.2, 0.25) is 0 Å². The fraction of sp³-hybridized carbons (Fsp3) is 0.100. The molecule has 0 saturated heterocycles. The first-order valence-electron chi connectivity index (χ1n) is 8.55. The molecule has 0 aliphatic rings. The number of carbonyl (C=O) groups excluding carboxylic acids is 1. The van der Waals surface area contributed by atoms with Gasteiger partial charge in [0.15, 0.2) is 5.82 Å². The van der Waals surface area contributed by atoms with Crippen molar-refractivity contribution in [3.8, 4) is 22.6 Å². The highest BCUT2D eigenvalue weighted by Gasteiger charge is 2.33. The van der Waals surface area contributed by atoms with Gasteiger partial charge in [0.05, 0.1) is 16.1 Å². The second-order valence-electron chi connectivity index (χ2n) is 6.49. The van der Waals surface area contributed by atoms with Crippen LogP contribution in [0.1, 0.15) is 21.7 Å². The van der Waals surface area contributed by atoms with Crippen LogP contribution in [0, 0.1) is 6.92 Å². The number of halogens is 4. The summed E-state index contributed by atoms with van der Waals surface area (Å²) in [7, 11) is 0. The van der Waals surface area contributed by atoms with Gasteiger partial charge in [-0.15, -0.1) is 0 Å². The van der Waals surface area contributed by atoms with Gasteiger partial charge < -0.3 is 10.3 Å². The summed E-state index contributed by atoms with van der Waals surface area (Å²) in [6.45, 7) is 1.57. The van der Waals surface area contributed by atoms with E-state index in [4.69, 9.17) is 21.9 Å². The topological polar surface area (TPSA) is 94.9 Å². The molecule has 0 saturated carbocycles. The summed E-state index contributed by atoms with van der Waals surface area (Å²) < 4.78 is 44.6. The van der Waals surface area contributed by atoms with E-state index in [9.17, 15) is 18.0 Å². The number of rotatable bonds is 3. The molecule has 2 heterocycles. The molecule has 0 aliphatic heterocycles. The minimum Gasteiger partial charge on any atom is -0.365 e. The number of hydrogen-bond acceptors (Lipinski definition) is 5. The van der Waals surface area contributed by atoms with Gasteiger partial charge in [-0.1, -0.05) is 28.9 Å². The summed E-state index contributed by atoms with van der Waals surface area (Å²) >= 11 is 5.68. The first kappa shape index (κ1) is 19.8. The Kier molecular flexibility index (Phi) is 4.70. The van der Waals surface area contributed by atoms with Gasteiger partial charge in [0.1, 0.15) is 17.0 Å². The van der Waals surface area contributed by atoms with Crippen molar-refractivity contribution < 1.29 is 22.5 Å². The molecule has 0 bridgehead atoms. The average Bonchev–Trinajstić information content (AvgIpc) is 3.08. The number of amides is 1. The van der Waals surface area contributed by atoms with Crippen molar-refractivity contribution in [2.24, 2.45) is 5.73 Å². The lowest BCUT2D eigenvalue weighted by Crippen LogP contribution is -2.12. The molecule has 1 amide bonds. The highest BCUT2D eigenvalue weighted by Crippen LogP contribution is 2.37. The largest absolute Gasteiger partial charge is 0.417 e. The van der Waals surface area contributed by atoms with E-state index in [1.54, 1.807) is 25.1 Å². The predicted octanol–water partition coefficient (Wildman–Crippen LogP) is 5.03. The Labute approximate surface area is 172 Å². The number of carbonyl (C=O) groups is 1. The van der Waals surface area contributed by atoms with Crippen molar-refractivity contribution in [2.45, 2.75) is 13.1 Å². The third-order valence-corrected chi connectivity index (χ3v) is 4.82. The maximum absolute atomic E-state index is 13.2. The van der Waals surface area contributed by atoms with Crippen molar-refractivity contribution in [2.75, 3.05) is 0 Å². The van der Waals surface area contributed by atoms with Crippen LogP contribution in [0.4, 0.5) is 13.2 Å². The molecule has 0 unspecified atom stereocenters. The third kappa shape index (κ3) is 3.48. The quantitative estimate of drug-likeness (QED) is 0.490. The molecular formula is C20H12ClF3N4O2. The maximum atomic E-state index is 13.2. The van der Waals surface area contributed by atoms with E-state index in [2.05, 4.69) is 15.1 Å². The molecule has 6 nitrogen and oxygen atoms in total. The number of hydrogen-bond donors (Lipinski definition) is 1. The standard InChI is InChI=1S/C20H12ClF3N4O2/c1-9-16(18(25)29)17(28-30-9)10-2-3-12-8-26-19(27-15(12)7-10)11-4-5-14(21)13(6-11)20(22,23)24/h2-8H,1H3,(H2,25,29). The molecular weight excluding hydrogens is 421 g/mol. The lowest BCUT2D eigenvalue weighted by atomic mass is 10.0. The highest BCUT2D eigenvalue weighted by atomic mass is 35.5. The van der Waals surface area contributed by atoms with Crippen LogP contribution in [0.3, 0.4) is 0 Å². The molecule has 2 N–H and O–H groups in total. The van der Waals surface area contributed by atoms with Crippen LogP contribution in [0.25, 0.3) is 33.5 Å². The Hall–Kier alpha value is -3.46. The zero-order chi connectivity index (χ0) is 21.6. The van der Waals surface area contributed by atoms with Crippen LogP contribution in [-0.4, -0.2) is 21.0 Å². The molecule has 0 aliphatic carbocycles. The van der Waals surface area contributed by atoms with E-state index in [1.165, 1.54) is 12.3 Å². The molecule has 2 aromatic carbocycles. The van der Waals surface area contributed by atoms with Crippen LogP contribution >= 0.6 is 11.6 Å². The van der Waals surface area contributed by atoms with E-state index in [0.717, 1.165) is 12.1 Å². The molecule has 4 rings (SSSR count). The Balaban J connectivity index is 1.83. The number of aryl methyl sites for hydroxylation is 1. The normalized spacial score (nSPS) is 11.8. The number of nitrogens with zero attached hydrogens (tertiary/aromatic N) is 3. The number of fused-ring (bicyclic) bond motifs is 1. The Morgan fingerprint density at radius 2 is 1.87 bits per heavy atom. The first-order chi connectivity index (χ1) is 14.1.